The Balaban J connectivity index is 0.00000900. The second kappa shape index (κ2) is 23.6. The number of methoxy groups -OCH3 is 9. The second-order valence-corrected chi connectivity index (χ2v) is 13.1. The molecule has 3 aromatic carbocycles. The minimum atomic E-state index is -0.500. The summed E-state index contributed by atoms with van der Waals surface area (Å²) in [5, 5.41) is 3.60. The maximum Gasteiger partial charge on any atom is 0.338 e. The molecule has 1 aliphatic rings. The maximum atomic E-state index is 12.5. The lowest BCUT2D eigenvalue weighted by atomic mass is 10.1. The molecule has 0 saturated carbocycles. The van der Waals surface area contributed by atoms with E-state index in [0.717, 1.165) is 16.7 Å². The Labute approximate surface area is 351 Å². The Morgan fingerprint density at radius 3 is 0.862 bits per heavy atom. The van der Waals surface area contributed by atoms with Crippen LogP contribution in [-0.2, 0) is 33.8 Å². The number of nitrogens with zero attached hydrogens (tertiary/aromatic N) is 3. The van der Waals surface area contributed by atoms with E-state index >= 15 is 0 Å². The second-order valence-electron chi connectivity index (χ2n) is 13.1. The average Bonchev–Trinajstić information content (AvgIpc) is 3.24. The number of esters is 3. The number of ether oxygens (including phenoxy) is 9. The fourth-order valence-electron chi connectivity index (χ4n) is 6.77. The highest BCUT2D eigenvalue weighted by Gasteiger charge is 2.25. The van der Waals surface area contributed by atoms with Gasteiger partial charge in [-0.15, -0.1) is 17.0 Å². The van der Waals surface area contributed by atoms with Gasteiger partial charge in [0.05, 0.1) is 97.4 Å². The van der Waals surface area contributed by atoms with Crippen molar-refractivity contribution in [3.63, 3.8) is 0 Å². The number of rotatable bonds is 15. The molecule has 16 nitrogen and oxygen atoms in total. The van der Waals surface area contributed by atoms with Crippen LogP contribution < -0.4 is 33.7 Å². The van der Waals surface area contributed by atoms with Gasteiger partial charge in [0.15, 0.2) is 0 Å². The normalized spacial score (nSPS) is 14.4. The molecule has 0 spiro atoms. The summed E-state index contributed by atoms with van der Waals surface area (Å²) in [4.78, 5) is 44.3. The molecule has 4 rings (SSSR count). The quantitative estimate of drug-likeness (QED) is 0.172. The average molecular weight is 878 g/mol. The first kappa shape index (κ1) is 47.6. The smallest absolute Gasteiger partial charge is 0.338 e. The molecule has 0 amide bonds. The topological polar surface area (TPSA) is 156 Å². The van der Waals surface area contributed by atoms with Crippen LogP contribution in [0.4, 0.5) is 0 Å². The summed E-state index contributed by atoms with van der Waals surface area (Å²) >= 11 is 0. The van der Waals surface area contributed by atoms with Crippen LogP contribution in [0.5, 0.6) is 34.5 Å². The van der Waals surface area contributed by atoms with Crippen molar-refractivity contribution in [3.05, 3.63) is 69.8 Å². The number of benzene rings is 3. The van der Waals surface area contributed by atoms with Crippen molar-refractivity contribution in [1.82, 2.24) is 20.0 Å². The molecule has 1 aliphatic heterocycles. The number of hydrogen-bond acceptors (Lipinski definition) is 16. The molecule has 17 heteroatoms. The van der Waals surface area contributed by atoms with Crippen LogP contribution in [0.3, 0.4) is 0 Å². The number of carbonyl (C=O) groups is 3. The van der Waals surface area contributed by atoms with E-state index in [1.807, 2.05) is 0 Å². The molecule has 0 aliphatic carbocycles. The van der Waals surface area contributed by atoms with Gasteiger partial charge in [-0.25, -0.2) is 14.4 Å². The summed E-state index contributed by atoms with van der Waals surface area (Å²) < 4.78 is 49.5. The highest BCUT2D eigenvalue weighted by Crippen LogP contribution is 2.35. The lowest BCUT2D eigenvalue weighted by Gasteiger charge is -2.33. The Morgan fingerprint density at radius 1 is 0.431 bits per heavy atom. The largest absolute Gasteiger partial charge is 0.496 e. The summed E-state index contributed by atoms with van der Waals surface area (Å²) in [5.41, 5.74) is 3.37. The van der Waals surface area contributed by atoms with E-state index in [9.17, 15) is 14.4 Å². The van der Waals surface area contributed by atoms with Gasteiger partial charge in [0, 0.05) is 72.0 Å². The first-order valence-electron chi connectivity index (χ1n) is 18.5. The third kappa shape index (κ3) is 12.1. The lowest BCUT2D eigenvalue weighted by Crippen LogP contribution is -2.44. The molecule has 0 unspecified atom stereocenters. The molecule has 1 heterocycles. The highest BCUT2D eigenvalue weighted by molar-refractivity contribution is 8.93. The van der Waals surface area contributed by atoms with Crippen molar-refractivity contribution < 1.29 is 57.0 Å². The number of nitrogens with one attached hydrogen (secondary N) is 1. The van der Waals surface area contributed by atoms with Crippen molar-refractivity contribution in [3.8, 4) is 34.5 Å². The van der Waals surface area contributed by atoms with E-state index in [1.54, 1.807) is 79.1 Å². The fraction of sp³-hybridized carbons (Fsp3) is 0.488. The van der Waals surface area contributed by atoms with Crippen LogP contribution in [0.2, 0.25) is 0 Å². The zero-order valence-electron chi connectivity index (χ0n) is 34.9. The van der Waals surface area contributed by atoms with Gasteiger partial charge in [-0.2, -0.15) is 0 Å². The third-order valence-corrected chi connectivity index (χ3v) is 9.91. The van der Waals surface area contributed by atoms with Gasteiger partial charge in [-0.05, 0) is 36.4 Å². The summed E-state index contributed by atoms with van der Waals surface area (Å²) in [6, 6.07) is 10.0. The Hall–Kier alpha value is -4.81. The lowest BCUT2D eigenvalue weighted by molar-refractivity contribution is 0.0591. The van der Waals surface area contributed by atoms with Crippen LogP contribution in [0, 0.1) is 0 Å². The Morgan fingerprint density at radius 2 is 0.655 bits per heavy atom. The third-order valence-electron chi connectivity index (χ3n) is 9.91. The van der Waals surface area contributed by atoms with Gasteiger partial charge < -0.3 is 47.9 Å². The van der Waals surface area contributed by atoms with E-state index < -0.39 is 17.9 Å². The van der Waals surface area contributed by atoms with Crippen molar-refractivity contribution in [1.29, 1.82) is 0 Å². The number of hydrogen-bond donors (Lipinski definition) is 1. The van der Waals surface area contributed by atoms with Gasteiger partial charge in [-0.3, -0.25) is 14.7 Å². The van der Waals surface area contributed by atoms with E-state index in [0.29, 0.717) is 123 Å². The molecule has 1 N–H and O–H groups in total. The molecule has 58 heavy (non-hydrogen) atoms. The Bertz CT molecular complexity index is 1680. The van der Waals surface area contributed by atoms with Gasteiger partial charge in [0.1, 0.15) is 34.5 Å². The van der Waals surface area contributed by atoms with E-state index in [-0.39, 0.29) is 17.0 Å². The summed E-state index contributed by atoms with van der Waals surface area (Å²) in [7, 11) is 13.4. The summed E-state index contributed by atoms with van der Waals surface area (Å²) in [5.74, 6) is 1.61. The molecule has 0 bridgehead atoms. The fourth-order valence-corrected chi connectivity index (χ4v) is 6.77. The predicted octanol–water partition coefficient (Wildman–Crippen LogP) is 4.09. The molecule has 0 atom stereocenters. The zero-order chi connectivity index (χ0) is 41.5. The first-order valence-corrected chi connectivity index (χ1v) is 18.5. The summed E-state index contributed by atoms with van der Waals surface area (Å²) in [6.45, 7) is 6.72. The van der Waals surface area contributed by atoms with Crippen molar-refractivity contribution in [2.45, 2.75) is 19.6 Å². The molecule has 1 saturated heterocycles. The van der Waals surface area contributed by atoms with Crippen molar-refractivity contribution >= 4 is 34.9 Å². The van der Waals surface area contributed by atoms with Crippen LogP contribution in [0.25, 0.3) is 0 Å². The van der Waals surface area contributed by atoms with Gasteiger partial charge in [0.2, 0.25) is 0 Å². The SMILES string of the molecule is Br.COC(=O)c1cc(OC)c(CN2CCNCCN(Cc3c(OC)cc(C(=O)OC)cc3OC)CCN(Cc3c(OC)cc(C(=O)OC)cc3OC)CC2)c(OC)c1. The van der Waals surface area contributed by atoms with Gasteiger partial charge in [0.25, 0.3) is 0 Å². The standard InChI is InChI=1S/C41H56N4O12.BrH/c1-49-33-18-27(39(46)55-7)19-34(50-2)30(33)24-43-12-10-42-11-13-44(25-31-35(51-3)20-28(40(47)56-8)21-36(31)52-4)15-17-45(16-14-43)26-32-37(53-5)22-29(41(48)57-9)23-38(32)54-6;/h18-23,42H,10-17,24-26H2,1-9H3;1H. The highest BCUT2D eigenvalue weighted by atomic mass is 79.9. The predicted molar refractivity (Wildman–Crippen MR) is 222 cm³/mol. The van der Waals surface area contributed by atoms with Crippen LogP contribution in [-0.4, -0.2) is 149 Å². The number of carbonyl (C=O) groups excluding carboxylic acids is 3. The molecular formula is C41H57BrN4O12. The first-order chi connectivity index (χ1) is 27.6. The molecular weight excluding hydrogens is 820 g/mol. The molecule has 3 aromatic rings. The minimum absolute atomic E-state index is 0. The Kier molecular flexibility index (Phi) is 19.3. The van der Waals surface area contributed by atoms with E-state index in [4.69, 9.17) is 42.6 Å². The monoisotopic (exact) mass is 876 g/mol. The molecule has 320 valence electrons. The van der Waals surface area contributed by atoms with Crippen LogP contribution in [0.15, 0.2) is 36.4 Å². The van der Waals surface area contributed by atoms with Crippen molar-refractivity contribution in [2.24, 2.45) is 0 Å². The zero-order valence-corrected chi connectivity index (χ0v) is 36.6. The van der Waals surface area contributed by atoms with Crippen LogP contribution >= 0.6 is 17.0 Å². The van der Waals surface area contributed by atoms with Crippen molar-refractivity contribution in [2.75, 3.05) is 116 Å². The molecule has 1 fully saturated rings. The summed E-state index contributed by atoms with van der Waals surface area (Å²) in [6.07, 6.45) is 0. The maximum absolute atomic E-state index is 12.5. The molecule has 0 aromatic heterocycles. The van der Waals surface area contributed by atoms with E-state index in [2.05, 4.69) is 20.0 Å². The van der Waals surface area contributed by atoms with Gasteiger partial charge in [-0.1, -0.05) is 0 Å². The van der Waals surface area contributed by atoms with Crippen LogP contribution in [0.1, 0.15) is 47.8 Å². The van der Waals surface area contributed by atoms with E-state index in [1.165, 1.54) is 21.3 Å². The minimum Gasteiger partial charge on any atom is -0.496 e. The number of halogens is 1. The molecule has 0 radical (unpaired) electrons. The van der Waals surface area contributed by atoms with Gasteiger partial charge >= 0.3 is 17.9 Å².